The van der Waals surface area contributed by atoms with Crippen molar-refractivity contribution in [1.82, 2.24) is 0 Å². The van der Waals surface area contributed by atoms with Crippen LogP contribution in [0.15, 0.2) is 0 Å². The molecule has 0 aromatic heterocycles. The van der Waals surface area contributed by atoms with Crippen LogP contribution in [0.4, 0.5) is 0 Å². The second-order valence-corrected chi connectivity index (χ2v) is 5.29. The molecule has 0 saturated carbocycles. The zero-order valence-corrected chi connectivity index (χ0v) is 11.7. The monoisotopic (exact) mass is 353 g/mol. The van der Waals surface area contributed by atoms with Crippen LogP contribution in [0, 0.1) is 0 Å². The molecule has 4 unspecified atom stereocenters. The number of aliphatic hydroxyl groups is 2. The number of hydrogen-bond donors (Lipinski definition) is 2. The minimum absolute atomic E-state index is 0.764. The highest BCUT2D eigenvalue weighted by Crippen LogP contribution is 2.33. The molecule has 2 N–H and O–H groups in total. The second-order valence-electron chi connectivity index (χ2n) is 2.62. The van der Waals surface area contributed by atoms with Gasteiger partial charge in [-0.2, -0.15) is 0 Å². The third-order valence-electron chi connectivity index (χ3n) is 1.13. The van der Waals surface area contributed by atoms with Gasteiger partial charge in [0.15, 0.2) is 10.0 Å². The van der Waals surface area contributed by atoms with E-state index < -0.39 is 30.5 Å². The van der Waals surface area contributed by atoms with Crippen molar-refractivity contribution in [2.24, 2.45) is 0 Å². The van der Waals surface area contributed by atoms with Crippen molar-refractivity contribution in [3.05, 3.63) is 0 Å². The molecule has 0 bridgehead atoms. The molecule has 0 aliphatic carbocycles. The molecular formula is C6H12Br2O5P+. The predicted molar refractivity (Wildman–Crippen MR) is 58.6 cm³/mol. The van der Waals surface area contributed by atoms with Crippen LogP contribution in [0.2, 0.25) is 0 Å². The molecule has 0 rings (SSSR count). The van der Waals surface area contributed by atoms with Gasteiger partial charge in [-0.25, -0.2) is 0 Å². The van der Waals surface area contributed by atoms with Gasteiger partial charge in [0.1, 0.15) is 0 Å². The van der Waals surface area contributed by atoms with Gasteiger partial charge in [0, 0.05) is 4.57 Å². The fraction of sp³-hybridized carbons (Fsp3) is 1.00. The van der Waals surface area contributed by atoms with Crippen molar-refractivity contribution in [3.63, 3.8) is 0 Å². The summed E-state index contributed by atoms with van der Waals surface area (Å²) in [6.45, 7) is 2.95. The third kappa shape index (κ3) is 6.40. The Labute approximate surface area is 100.0 Å². The normalized spacial score (nSPS) is 21.1. The lowest BCUT2D eigenvalue weighted by molar-refractivity contribution is 0.0710. The zero-order valence-electron chi connectivity index (χ0n) is 7.63. The van der Waals surface area contributed by atoms with E-state index in [1.165, 1.54) is 13.8 Å². The lowest BCUT2D eigenvalue weighted by Crippen LogP contribution is -2.20. The van der Waals surface area contributed by atoms with Gasteiger partial charge in [-0.15, -0.1) is 9.05 Å². The van der Waals surface area contributed by atoms with E-state index in [9.17, 15) is 4.57 Å². The molecule has 0 saturated heterocycles. The molecule has 0 amide bonds. The number of hydrogen-bond acceptors (Lipinski definition) is 5. The second kappa shape index (κ2) is 7.22. The first-order chi connectivity index (χ1) is 6.34. The topological polar surface area (TPSA) is 76.0 Å². The Balaban J connectivity index is 3.87. The maximum atomic E-state index is 11.1. The van der Waals surface area contributed by atoms with Gasteiger partial charge in [-0.3, -0.25) is 0 Å². The van der Waals surface area contributed by atoms with Crippen molar-refractivity contribution in [3.8, 4) is 0 Å². The first-order valence-electron chi connectivity index (χ1n) is 3.79. The molecule has 8 heteroatoms. The Kier molecular flexibility index (Phi) is 7.68. The number of halogens is 2. The molecule has 0 aliphatic rings. The summed E-state index contributed by atoms with van der Waals surface area (Å²) in [5.41, 5.74) is 0. The summed E-state index contributed by atoms with van der Waals surface area (Å²) in [4.78, 5) is 0. The Bertz CT molecular complexity index is 171. The van der Waals surface area contributed by atoms with Gasteiger partial charge >= 0.3 is 8.25 Å². The number of alkyl halides is 2. The van der Waals surface area contributed by atoms with Gasteiger partial charge in [-0.05, 0) is 45.7 Å². The number of aliphatic hydroxyl groups excluding tert-OH is 2. The van der Waals surface area contributed by atoms with E-state index in [2.05, 4.69) is 31.9 Å². The van der Waals surface area contributed by atoms with Crippen LogP contribution in [0.3, 0.4) is 0 Å². The largest absolute Gasteiger partial charge is 0.699 e. The Morgan fingerprint density at radius 1 is 1.07 bits per heavy atom. The highest BCUT2D eigenvalue weighted by Gasteiger charge is 2.33. The average molecular weight is 355 g/mol. The summed E-state index contributed by atoms with van der Waals surface area (Å²) >= 11 is 5.91. The van der Waals surface area contributed by atoms with Crippen LogP contribution in [0.25, 0.3) is 0 Å². The van der Waals surface area contributed by atoms with Crippen LogP contribution >= 0.6 is 40.1 Å². The van der Waals surface area contributed by atoms with E-state index in [1.54, 1.807) is 0 Å². The quantitative estimate of drug-likeness (QED) is 0.562. The fourth-order valence-electron chi connectivity index (χ4n) is 0.365. The van der Waals surface area contributed by atoms with E-state index in [1.807, 2.05) is 0 Å². The molecule has 14 heavy (non-hydrogen) atoms. The lowest BCUT2D eigenvalue weighted by Gasteiger charge is -2.07. The van der Waals surface area contributed by atoms with Crippen LogP contribution < -0.4 is 0 Å². The SMILES string of the molecule is CC(O)C(Br)O[P+](=O)OC(Br)C(C)O. The van der Waals surface area contributed by atoms with Crippen LogP contribution in [0.1, 0.15) is 13.8 Å². The van der Waals surface area contributed by atoms with Gasteiger partial charge in [0.05, 0.1) is 12.2 Å². The summed E-state index contributed by atoms with van der Waals surface area (Å²) in [5.74, 6) is 0. The summed E-state index contributed by atoms with van der Waals surface area (Å²) in [5, 5.41) is 16.5. The molecule has 5 nitrogen and oxygen atoms in total. The van der Waals surface area contributed by atoms with Crippen LogP contribution in [-0.4, -0.2) is 32.4 Å². The molecule has 0 radical (unpaired) electrons. The molecule has 0 fully saturated rings. The molecule has 0 aliphatic heterocycles. The lowest BCUT2D eigenvalue weighted by atomic mass is 10.5. The summed E-state index contributed by atoms with van der Waals surface area (Å²) in [7, 11) is -2.39. The Morgan fingerprint density at radius 3 is 1.57 bits per heavy atom. The Morgan fingerprint density at radius 2 is 1.36 bits per heavy atom. The minimum atomic E-state index is -2.39. The smallest absolute Gasteiger partial charge is 0.390 e. The van der Waals surface area contributed by atoms with Crippen LogP contribution in [0.5, 0.6) is 0 Å². The van der Waals surface area contributed by atoms with Gasteiger partial charge < -0.3 is 10.2 Å². The average Bonchev–Trinajstić information content (AvgIpc) is 2.03. The molecule has 4 atom stereocenters. The van der Waals surface area contributed by atoms with Crippen molar-refractivity contribution < 1.29 is 23.8 Å². The third-order valence-corrected chi connectivity index (χ3v) is 4.41. The van der Waals surface area contributed by atoms with Crippen LogP contribution in [-0.2, 0) is 13.6 Å². The minimum Gasteiger partial charge on any atom is -0.390 e. The van der Waals surface area contributed by atoms with Gasteiger partial charge in [0.2, 0.25) is 0 Å². The molecule has 0 spiro atoms. The van der Waals surface area contributed by atoms with Crippen molar-refractivity contribution in [2.45, 2.75) is 36.1 Å². The molecule has 0 aromatic rings. The van der Waals surface area contributed by atoms with Crippen molar-refractivity contribution >= 4 is 40.1 Å². The summed E-state index contributed by atoms with van der Waals surface area (Å²) < 4.78 is 20.6. The standard InChI is InChI=1S/C6H12Br2O5P/c1-3(9)5(7)12-14(11)13-6(8)4(2)10/h3-6,9-10H,1-2H3/q+1. The maximum Gasteiger partial charge on any atom is 0.699 e. The summed E-state index contributed by atoms with van der Waals surface area (Å²) in [6.07, 6.45) is -1.62. The first-order valence-corrected chi connectivity index (χ1v) is 6.72. The highest BCUT2D eigenvalue weighted by atomic mass is 79.9. The molecule has 0 heterocycles. The highest BCUT2D eigenvalue weighted by molar-refractivity contribution is 9.09. The maximum absolute atomic E-state index is 11.1. The van der Waals surface area contributed by atoms with Crippen molar-refractivity contribution in [2.75, 3.05) is 0 Å². The first kappa shape index (κ1) is 14.9. The Hall–Kier alpha value is 0.900. The summed E-state index contributed by atoms with van der Waals surface area (Å²) in [6, 6.07) is 0. The molecular weight excluding hydrogens is 343 g/mol. The molecule has 0 aromatic carbocycles. The van der Waals surface area contributed by atoms with E-state index >= 15 is 0 Å². The predicted octanol–water partition coefficient (Wildman–Crippen LogP) is 1.88. The van der Waals surface area contributed by atoms with Gasteiger partial charge in [-0.1, -0.05) is 0 Å². The zero-order chi connectivity index (χ0) is 11.3. The van der Waals surface area contributed by atoms with Gasteiger partial charge in [0.25, 0.3) is 0 Å². The van der Waals surface area contributed by atoms with Crippen molar-refractivity contribution in [1.29, 1.82) is 0 Å². The van der Waals surface area contributed by atoms with E-state index in [0.29, 0.717) is 0 Å². The van der Waals surface area contributed by atoms with E-state index in [-0.39, 0.29) is 0 Å². The number of rotatable bonds is 6. The fourth-order valence-corrected chi connectivity index (χ4v) is 1.92. The molecule has 84 valence electrons. The van der Waals surface area contributed by atoms with E-state index in [0.717, 1.165) is 0 Å². The van der Waals surface area contributed by atoms with E-state index in [4.69, 9.17) is 19.3 Å².